The minimum atomic E-state index is -0.293. The van der Waals surface area contributed by atoms with Crippen LogP contribution >= 0.6 is 11.8 Å². The van der Waals surface area contributed by atoms with E-state index in [-0.39, 0.29) is 5.82 Å². The average molecular weight is 302 g/mol. The van der Waals surface area contributed by atoms with E-state index in [9.17, 15) is 9.60 Å². The Hall–Kier alpha value is -2.34. The van der Waals surface area contributed by atoms with Gasteiger partial charge in [0.1, 0.15) is 5.82 Å². The molecule has 3 aromatic rings. The number of hydrogen-bond donors (Lipinski definition) is 0. The van der Waals surface area contributed by atoms with Crippen LogP contribution in [0.5, 0.6) is 0 Å². The van der Waals surface area contributed by atoms with Gasteiger partial charge in [0, 0.05) is 17.7 Å². The van der Waals surface area contributed by atoms with E-state index < -0.39 is 0 Å². The maximum Gasteiger partial charge on any atom is 0.251 e. The fourth-order valence-electron chi connectivity index (χ4n) is 1.78. The second-order valence-electron chi connectivity index (χ2n) is 4.28. The molecule has 106 valence electrons. The van der Waals surface area contributed by atoms with Crippen LogP contribution < -0.4 is 4.73 Å². The molecule has 0 spiro atoms. The summed E-state index contributed by atoms with van der Waals surface area (Å²) in [5, 5.41) is 12.1. The topological polar surface area (TPSA) is 53.0 Å². The largest absolute Gasteiger partial charge is 0.618 e. The van der Waals surface area contributed by atoms with Crippen LogP contribution in [0.1, 0.15) is 5.89 Å². The Balaban J connectivity index is 1.71. The van der Waals surface area contributed by atoms with E-state index >= 15 is 0 Å². The van der Waals surface area contributed by atoms with Crippen molar-refractivity contribution >= 4 is 11.8 Å². The fraction of sp³-hybridized carbons (Fsp3) is 0.0667. The Morgan fingerprint density at radius 2 is 2.00 bits per heavy atom. The average Bonchev–Trinajstić information content (AvgIpc) is 2.96. The summed E-state index contributed by atoms with van der Waals surface area (Å²) in [4.78, 5) is 4.17. The summed E-state index contributed by atoms with van der Waals surface area (Å²) in [6.07, 6.45) is 3.04. The molecule has 2 heterocycles. The zero-order chi connectivity index (χ0) is 14.7. The molecule has 3 rings (SSSR count). The van der Waals surface area contributed by atoms with Crippen molar-refractivity contribution in [2.24, 2.45) is 0 Å². The second-order valence-corrected chi connectivity index (χ2v) is 5.27. The van der Waals surface area contributed by atoms with Crippen molar-refractivity contribution in [3.8, 4) is 11.3 Å². The molecule has 0 N–H and O–H groups in total. The van der Waals surface area contributed by atoms with Crippen molar-refractivity contribution in [3.63, 3.8) is 0 Å². The SMILES string of the molecule is [O-][n+]1ccccc1SCc1ncc(-c2ccc(F)cc2)o1. The first-order valence-electron chi connectivity index (χ1n) is 6.24. The number of thioether (sulfide) groups is 1. The van der Waals surface area contributed by atoms with Crippen LogP contribution in [0.3, 0.4) is 0 Å². The fourth-order valence-corrected chi connectivity index (χ4v) is 2.55. The van der Waals surface area contributed by atoms with Crippen molar-refractivity contribution < 1.29 is 13.5 Å². The first-order valence-corrected chi connectivity index (χ1v) is 7.22. The Kier molecular flexibility index (Phi) is 3.87. The van der Waals surface area contributed by atoms with Crippen molar-refractivity contribution in [1.29, 1.82) is 0 Å². The lowest BCUT2D eigenvalue weighted by Crippen LogP contribution is -2.27. The van der Waals surface area contributed by atoms with Gasteiger partial charge in [0.05, 0.1) is 11.9 Å². The van der Waals surface area contributed by atoms with Crippen LogP contribution in [0.25, 0.3) is 11.3 Å². The van der Waals surface area contributed by atoms with E-state index in [4.69, 9.17) is 4.42 Å². The van der Waals surface area contributed by atoms with Crippen LogP contribution in [0, 0.1) is 11.0 Å². The van der Waals surface area contributed by atoms with Gasteiger partial charge >= 0.3 is 0 Å². The summed E-state index contributed by atoms with van der Waals surface area (Å²) >= 11 is 1.35. The highest BCUT2D eigenvalue weighted by Crippen LogP contribution is 2.24. The first kappa shape index (κ1) is 13.6. The third-order valence-electron chi connectivity index (χ3n) is 2.81. The van der Waals surface area contributed by atoms with Crippen LogP contribution in [0.2, 0.25) is 0 Å². The predicted octanol–water partition coefficient (Wildman–Crippen LogP) is 3.41. The minimum absolute atomic E-state index is 0.293. The van der Waals surface area contributed by atoms with Crippen molar-refractivity contribution in [1.82, 2.24) is 4.98 Å². The maximum absolute atomic E-state index is 12.9. The molecule has 0 radical (unpaired) electrons. The minimum Gasteiger partial charge on any atom is -0.618 e. The monoisotopic (exact) mass is 302 g/mol. The molecule has 21 heavy (non-hydrogen) atoms. The quantitative estimate of drug-likeness (QED) is 0.421. The van der Waals surface area contributed by atoms with Gasteiger partial charge in [-0.15, -0.1) is 0 Å². The van der Waals surface area contributed by atoms with Gasteiger partial charge < -0.3 is 9.62 Å². The van der Waals surface area contributed by atoms with E-state index in [1.54, 1.807) is 36.5 Å². The number of nitrogens with zero attached hydrogens (tertiary/aromatic N) is 2. The van der Waals surface area contributed by atoms with Gasteiger partial charge in [-0.05, 0) is 42.1 Å². The number of rotatable bonds is 4. The molecule has 1 aromatic carbocycles. The van der Waals surface area contributed by atoms with Gasteiger partial charge in [0.15, 0.2) is 12.0 Å². The van der Waals surface area contributed by atoms with Crippen molar-refractivity contribution in [2.75, 3.05) is 0 Å². The van der Waals surface area contributed by atoms with Gasteiger partial charge in [-0.25, -0.2) is 9.37 Å². The van der Waals surface area contributed by atoms with Gasteiger partial charge in [-0.2, -0.15) is 4.73 Å². The van der Waals surface area contributed by atoms with Crippen LogP contribution in [0.4, 0.5) is 4.39 Å². The summed E-state index contributed by atoms with van der Waals surface area (Å²) in [5.74, 6) is 1.25. The molecular weight excluding hydrogens is 291 g/mol. The van der Waals surface area contributed by atoms with Crippen LogP contribution in [-0.2, 0) is 5.75 Å². The summed E-state index contributed by atoms with van der Waals surface area (Å²) in [6, 6.07) is 11.2. The zero-order valence-corrected chi connectivity index (χ0v) is 11.7. The molecule has 0 aliphatic rings. The van der Waals surface area contributed by atoms with E-state index in [1.807, 2.05) is 0 Å². The Morgan fingerprint density at radius 3 is 2.76 bits per heavy atom. The van der Waals surface area contributed by atoms with E-state index in [2.05, 4.69) is 4.98 Å². The predicted molar refractivity (Wildman–Crippen MR) is 76.9 cm³/mol. The van der Waals surface area contributed by atoms with Gasteiger partial charge in [-0.1, -0.05) is 0 Å². The molecular formula is C15H11FN2O2S. The van der Waals surface area contributed by atoms with Crippen LogP contribution in [-0.4, -0.2) is 4.98 Å². The summed E-state index contributed by atoms with van der Waals surface area (Å²) in [7, 11) is 0. The lowest BCUT2D eigenvalue weighted by molar-refractivity contribution is -0.645. The molecule has 6 heteroatoms. The number of benzene rings is 1. The molecule has 4 nitrogen and oxygen atoms in total. The highest BCUT2D eigenvalue weighted by Gasteiger charge is 2.10. The smallest absolute Gasteiger partial charge is 0.251 e. The molecule has 0 aliphatic heterocycles. The molecule has 0 aliphatic carbocycles. The van der Waals surface area contributed by atoms with E-state index in [0.717, 1.165) is 10.3 Å². The summed E-state index contributed by atoms with van der Waals surface area (Å²) in [5.41, 5.74) is 0.763. The highest BCUT2D eigenvalue weighted by molar-refractivity contribution is 7.98. The van der Waals surface area contributed by atoms with Crippen molar-refractivity contribution in [2.45, 2.75) is 10.8 Å². The van der Waals surface area contributed by atoms with Gasteiger partial charge in [-0.3, -0.25) is 0 Å². The van der Waals surface area contributed by atoms with Crippen molar-refractivity contribution in [3.05, 3.63) is 71.8 Å². The normalized spacial score (nSPS) is 10.7. The molecule has 0 unspecified atom stereocenters. The summed E-state index contributed by atoms with van der Waals surface area (Å²) < 4.78 is 19.3. The molecule has 0 fully saturated rings. The number of halogens is 1. The third kappa shape index (κ3) is 3.22. The molecule has 2 aromatic heterocycles. The molecule has 0 bridgehead atoms. The standard InChI is InChI=1S/C15H11FN2O2S/c16-12-6-4-11(5-7-12)13-9-17-14(20-13)10-21-15-3-1-2-8-18(15)19/h1-9H,10H2. The van der Waals surface area contributed by atoms with E-state index in [0.29, 0.717) is 22.4 Å². The number of pyridine rings is 1. The number of aromatic nitrogens is 2. The third-order valence-corrected chi connectivity index (χ3v) is 3.82. The second kappa shape index (κ2) is 5.97. The Bertz CT molecular complexity index is 743. The highest BCUT2D eigenvalue weighted by atomic mass is 32.2. The maximum atomic E-state index is 12.9. The number of hydrogen-bond acceptors (Lipinski definition) is 4. The Morgan fingerprint density at radius 1 is 1.19 bits per heavy atom. The first-order chi connectivity index (χ1) is 10.2. The molecule has 0 atom stereocenters. The van der Waals surface area contributed by atoms with Crippen LogP contribution in [0.15, 0.2) is 64.3 Å². The molecule has 0 amide bonds. The lowest BCUT2D eigenvalue weighted by Gasteiger charge is -2.01. The summed E-state index contributed by atoms with van der Waals surface area (Å²) in [6.45, 7) is 0. The molecule has 0 saturated carbocycles. The Labute approximate surface area is 124 Å². The van der Waals surface area contributed by atoms with Gasteiger partial charge in [0.2, 0.25) is 5.89 Å². The molecule has 0 saturated heterocycles. The zero-order valence-electron chi connectivity index (χ0n) is 10.9. The number of oxazole rings is 1. The van der Waals surface area contributed by atoms with Gasteiger partial charge in [0.25, 0.3) is 5.03 Å². The van der Waals surface area contributed by atoms with E-state index in [1.165, 1.54) is 30.1 Å². The lowest BCUT2D eigenvalue weighted by atomic mass is 10.2.